The number of hydrogen-bond donors (Lipinski definition) is 1. The Morgan fingerprint density at radius 3 is 1.71 bits per heavy atom. The van der Waals surface area contributed by atoms with Crippen LogP contribution < -0.4 is 5.73 Å². The molecule has 2 N–H and O–H groups in total. The molecule has 4 nitrogen and oxygen atoms in total. The monoisotopic (exact) mass is 668 g/mol. The Labute approximate surface area is 302 Å². The van der Waals surface area contributed by atoms with E-state index in [1.165, 1.54) is 38.5 Å². The topological polar surface area (TPSA) is 48.2 Å². The smallest absolute Gasteiger partial charge is 0.205 e. The Morgan fingerprint density at radius 1 is 0.500 bits per heavy atom. The van der Waals surface area contributed by atoms with E-state index in [9.17, 15) is 0 Å². The molecule has 248 valence electrons. The van der Waals surface area contributed by atoms with Gasteiger partial charge in [-0.3, -0.25) is 4.57 Å². The molecule has 2 heterocycles. The van der Waals surface area contributed by atoms with Crippen LogP contribution in [0.15, 0.2) is 188 Å². The molecule has 2 aromatic heterocycles. The van der Waals surface area contributed by atoms with E-state index < -0.39 is 0 Å². The van der Waals surface area contributed by atoms with Gasteiger partial charge < -0.3 is 10.3 Å². The number of aryl methyl sites for hydroxylation is 1. The second-order valence-electron chi connectivity index (χ2n) is 13.2. The molecule has 4 heteroatoms. The maximum absolute atomic E-state index is 6.75. The van der Waals surface area contributed by atoms with Crippen LogP contribution in [0.4, 0.5) is 0 Å². The van der Waals surface area contributed by atoms with E-state index in [4.69, 9.17) is 10.7 Å². The lowest BCUT2D eigenvalue weighted by Crippen LogP contribution is -2.21. The van der Waals surface area contributed by atoms with Gasteiger partial charge in [0.1, 0.15) is 0 Å². The summed E-state index contributed by atoms with van der Waals surface area (Å²) in [5.74, 6) is 0.396. The van der Waals surface area contributed by atoms with Gasteiger partial charge in [-0.1, -0.05) is 128 Å². The molecule has 0 aliphatic rings. The highest BCUT2D eigenvalue weighted by Gasteiger charge is 2.15. The van der Waals surface area contributed by atoms with E-state index >= 15 is 0 Å². The van der Waals surface area contributed by atoms with Crippen molar-refractivity contribution in [2.45, 2.75) is 0 Å². The molecule has 0 unspecified atom stereocenters. The van der Waals surface area contributed by atoms with E-state index in [0.29, 0.717) is 5.96 Å². The lowest BCUT2D eigenvalue weighted by molar-refractivity contribution is 1.01. The van der Waals surface area contributed by atoms with Crippen LogP contribution in [0.1, 0.15) is 5.56 Å². The van der Waals surface area contributed by atoms with Gasteiger partial charge >= 0.3 is 0 Å². The minimum Gasteiger partial charge on any atom is -0.369 e. The molecular formula is C48H36N4. The van der Waals surface area contributed by atoms with Crippen molar-refractivity contribution in [3.05, 3.63) is 188 Å². The third-order valence-electron chi connectivity index (χ3n) is 10.2. The van der Waals surface area contributed by atoms with Gasteiger partial charge in [-0.05, 0) is 93.1 Å². The Hall–Kier alpha value is -6.91. The highest BCUT2D eigenvalue weighted by molar-refractivity contribution is 6.15. The second-order valence-corrected chi connectivity index (χ2v) is 13.2. The molecule has 7 aromatic carbocycles. The van der Waals surface area contributed by atoms with Gasteiger partial charge in [0.05, 0.1) is 11.0 Å². The zero-order chi connectivity index (χ0) is 35.2. The number of benzene rings is 7. The summed E-state index contributed by atoms with van der Waals surface area (Å²) in [5, 5.41) is 4.78. The summed E-state index contributed by atoms with van der Waals surface area (Å²) >= 11 is 0. The minimum atomic E-state index is 0.396. The molecule has 0 atom stereocenters. The second kappa shape index (κ2) is 12.8. The van der Waals surface area contributed by atoms with Crippen LogP contribution in [-0.2, 0) is 7.05 Å². The van der Waals surface area contributed by atoms with Crippen LogP contribution in [-0.4, -0.2) is 15.1 Å². The van der Waals surface area contributed by atoms with Crippen LogP contribution in [0.25, 0.3) is 82.6 Å². The highest BCUT2D eigenvalue weighted by Crippen LogP contribution is 2.36. The quantitative estimate of drug-likeness (QED) is 0.107. The van der Waals surface area contributed by atoms with Crippen LogP contribution in [0.3, 0.4) is 0 Å². The zero-order valence-corrected chi connectivity index (χ0v) is 28.9. The summed E-state index contributed by atoms with van der Waals surface area (Å²) < 4.78 is 4.30. The Kier molecular flexibility index (Phi) is 7.63. The first-order valence-electron chi connectivity index (χ1n) is 17.5. The fourth-order valence-corrected chi connectivity index (χ4v) is 7.49. The number of aliphatic imine (C=N–C) groups is 1. The number of nitrogens with two attached hydrogens (primary N) is 1. The number of nitrogens with zero attached hydrogens (tertiary/aromatic N) is 3. The number of allylic oxidation sites excluding steroid dienone is 2. The number of fused-ring (bicyclic) bond motifs is 6. The maximum Gasteiger partial charge on any atom is 0.205 e. The first-order valence-corrected chi connectivity index (χ1v) is 17.5. The van der Waals surface area contributed by atoms with Gasteiger partial charge in [0.25, 0.3) is 0 Å². The van der Waals surface area contributed by atoms with Crippen molar-refractivity contribution in [2.75, 3.05) is 0 Å². The van der Waals surface area contributed by atoms with E-state index in [0.717, 1.165) is 49.6 Å². The van der Waals surface area contributed by atoms with Crippen molar-refractivity contribution in [1.29, 1.82) is 0 Å². The molecule has 0 saturated heterocycles. The van der Waals surface area contributed by atoms with Crippen molar-refractivity contribution < 1.29 is 0 Å². The predicted octanol–water partition coefficient (Wildman–Crippen LogP) is 11.8. The standard InChI is InChI=1S/C48H36N4/c1-32(36-13-10-14-37(29-36)35-21-19-34(20-22-35)33-11-4-3-5-12-33)27-28-50-48(49)52-46-18-9-7-16-41(46)43-31-39(24-26-47(43)52)38-23-25-45-42(30-38)40-15-6-8-17-44(40)51(45)2/h3-31H,1H2,2H3,(H2,49,50)/b28-27-. The van der Waals surface area contributed by atoms with E-state index in [1.807, 2.05) is 22.8 Å². The first-order chi connectivity index (χ1) is 25.5. The largest absolute Gasteiger partial charge is 0.369 e. The lowest BCUT2D eigenvalue weighted by atomic mass is 9.97. The van der Waals surface area contributed by atoms with Crippen molar-refractivity contribution >= 4 is 55.1 Å². The summed E-state index contributed by atoms with van der Waals surface area (Å²) in [4.78, 5) is 4.71. The summed E-state index contributed by atoms with van der Waals surface area (Å²) in [6, 6.07) is 57.9. The molecule has 52 heavy (non-hydrogen) atoms. The number of aromatic nitrogens is 2. The average molecular weight is 669 g/mol. The van der Waals surface area contributed by atoms with Crippen LogP contribution >= 0.6 is 0 Å². The van der Waals surface area contributed by atoms with Gasteiger partial charge in [-0.25, -0.2) is 4.99 Å². The van der Waals surface area contributed by atoms with E-state index in [1.54, 1.807) is 6.20 Å². The highest BCUT2D eigenvalue weighted by atomic mass is 15.1. The van der Waals surface area contributed by atoms with Crippen molar-refractivity contribution in [2.24, 2.45) is 17.8 Å². The van der Waals surface area contributed by atoms with Gasteiger partial charge in [0, 0.05) is 45.8 Å². The fourth-order valence-electron chi connectivity index (χ4n) is 7.49. The third kappa shape index (κ3) is 5.38. The van der Waals surface area contributed by atoms with Crippen molar-refractivity contribution in [3.63, 3.8) is 0 Å². The Morgan fingerprint density at radius 2 is 0.981 bits per heavy atom. The maximum atomic E-state index is 6.75. The number of hydrogen-bond acceptors (Lipinski definition) is 1. The average Bonchev–Trinajstić information content (AvgIpc) is 3.69. The molecule has 0 aliphatic carbocycles. The fraction of sp³-hybridized carbons (Fsp3) is 0.0208. The molecule has 0 bridgehead atoms. The SMILES string of the molecule is C=C(/C=C\N=C(/N)n1c2ccccc2c2cc(-c3ccc4c(c3)c3ccccc3n4C)ccc21)c1cccc(-c2ccc(-c3ccccc3)cc2)c1. The molecule has 9 aromatic rings. The van der Waals surface area contributed by atoms with Gasteiger partial charge in [-0.15, -0.1) is 0 Å². The lowest BCUT2D eigenvalue weighted by Gasteiger charge is -2.08. The number of para-hydroxylation sites is 2. The van der Waals surface area contributed by atoms with Crippen molar-refractivity contribution in [3.8, 4) is 33.4 Å². The van der Waals surface area contributed by atoms with Gasteiger partial charge in [-0.2, -0.15) is 0 Å². The molecule has 0 amide bonds. The van der Waals surface area contributed by atoms with Gasteiger partial charge in [0.2, 0.25) is 5.96 Å². The third-order valence-corrected chi connectivity index (χ3v) is 10.2. The van der Waals surface area contributed by atoms with Gasteiger partial charge in [0.15, 0.2) is 0 Å². The predicted molar refractivity (Wildman–Crippen MR) is 221 cm³/mol. The molecule has 0 radical (unpaired) electrons. The first kappa shape index (κ1) is 31.1. The number of rotatable bonds is 6. The summed E-state index contributed by atoms with van der Waals surface area (Å²) in [6.07, 6.45) is 3.66. The molecule has 0 spiro atoms. The van der Waals surface area contributed by atoms with Crippen LogP contribution in [0.5, 0.6) is 0 Å². The summed E-state index contributed by atoms with van der Waals surface area (Å²) in [7, 11) is 2.13. The summed E-state index contributed by atoms with van der Waals surface area (Å²) in [5.41, 5.74) is 20.2. The molecular weight excluding hydrogens is 633 g/mol. The molecule has 0 aliphatic heterocycles. The molecule has 0 fully saturated rings. The zero-order valence-electron chi connectivity index (χ0n) is 28.9. The summed E-state index contributed by atoms with van der Waals surface area (Å²) in [6.45, 7) is 4.34. The van der Waals surface area contributed by atoms with Crippen LogP contribution in [0.2, 0.25) is 0 Å². The van der Waals surface area contributed by atoms with Crippen LogP contribution in [0, 0.1) is 0 Å². The van der Waals surface area contributed by atoms with E-state index in [-0.39, 0.29) is 0 Å². The van der Waals surface area contributed by atoms with Crippen molar-refractivity contribution in [1.82, 2.24) is 9.13 Å². The molecule has 9 rings (SSSR count). The Balaban J connectivity index is 1.01. The molecule has 0 saturated carbocycles. The normalized spacial score (nSPS) is 12.1. The Bertz CT molecular complexity index is 2870. The minimum absolute atomic E-state index is 0.396. The van der Waals surface area contributed by atoms with E-state index in [2.05, 4.69) is 170 Å².